The molecule has 1 aliphatic rings. The molecule has 0 aromatic heterocycles. The van der Waals surface area contributed by atoms with Gasteiger partial charge in [-0.15, -0.1) is 0 Å². The van der Waals surface area contributed by atoms with Gasteiger partial charge in [-0.1, -0.05) is 44.2 Å². The van der Waals surface area contributed by atoms with E-state index in [1.165, 1.54) is 6.07 Å². The van der Waals surface area contributed by atoms with Crippen molar-refractivity contribution < 1.29 is 18.7 Å². The first-order chi connectivity index (χ1) is 14.5. The second kappa shape index (κ2) is 10.1. The lowest BCUT2D eigenvalue weighted by Crippen LogP contribution is -2.57. The lowest BCUT2D eigenvalue weighted by Gasteiger charge is -2.38. The number of hydrogen-bond acceptors (Lipinski definition) is 4. The van der Waals surface area contributed by atoms with Crippen molar-refractivity contribution in [1.82, 2.24) is 10.2 Å². The van der Waals surface area contributed by atoms with Gasteiger partial charge < -0.3 is 19.9 Å². The third-order valence-corrected chi connectivity index (χ3v) is 5.15. The molecule has 0 bridgehead atoms. The zero-order chi connectivity index (χ0) is 21.5. The van der Waals surface area contributed by atoms with Crippen LogP contribution in [0.5, 0.6) is 5.75 Å². The van der Waals surface area contributed by atoms with Crippen LogP contribution in [0.2, 0.25) is 0 Å². The average molecular weight is 413 g/mol. The van der Waals surface area contributed by atoms with E-state index in [-0.39, 0.29) is 30.2 Å². The molecule has 1 atom stereocenters. The number of piperazine rings is 1. The van der Waals surface area contributed by atoms with Crippen LogP contribution in [0, 0.1) is 11.7 Å². The molecule has 0 aliphatic carbocycles. The van der Waals surface area contributed by atoms with Gasteiger partial charge in [-0.25, -0.2) is 4.39 Å². The average Bonchev–Trinajstić information content (AvgIpc) is 2.76. The molecule has 0 spiro atoms. The summed E-state index contributed by atoms with van der Waals surface area (Å²) in [7, 11) is 0. The summed E-state index contributed by atoms with van der Waals surface area (Å²) < 4.78 is 19.5. The monoisotopic (exact) mass is 413 g/mol. The molecule has 1 saturated heterocycles. The topological polar surface area (TPSA) is 61.9 Å². The second-order valence-corrected chi connectivity index (χ2v) is 7.65. The Bertz CT molecular complexity index is 852. The predicted molar refractivity (Wildman–Crippen MR) is 114 cm³/mol. The molecule has 7 heteroatoms. The number of carbonyl (C=O) groups excluding carboxylic acids is 2. The van der Waals surface area contributed by atoms with E-state index in [2.05, 4.69) is 5.32 Å². The number of halogens is 1. The highest BCUT2D eigenvalue weighted by molar-refractivity contribution is 5.88. The number of benzene rings is 2. The third-order valence-electron chi connectivity index (χ3n) is 5.15. The standard InChI is InChI=1S/C23H28FN3O3/c1-17(2)22(25-21(28)16-30-18-8-4-3-5-9-18)23(29)27-14-12-26(13-15-27)20-11-7-6-10-19(20)24/h3-11,17,22H,12-16H2,1-2H3,(H,25,28)/t22-/m0/s1. The van der Waals surface area contributed by atoms with Gasteiger partial charge >= 0.3 is 0 Å². The van der Waals surface area contributed by atoms with Crippen LogP contribution in [0.25, 0.3) is 0 Å². The lowest BCUT2D eigenvalue weighted by atomic mass is 10.0. The van der Waals surface area contributed by atoms with Crippen LogP contribution in [0.3, 0.4) is 0 Å². The summed E-state index contributed by atoms with van der Waals surface area (Å²) in [5, 5.41) is 2.81. The number of amides is 2. The van der Waals surface area contributed by atoms with Crippen LogP contribution in [-0.4, -0.2) is 55.5 Å². The lowest BCUT2D eigenvalue weighted by molar-refractivity contribution is -0.138. The third kappa shape index (κ3) is 5.49. The molecule has 1 N–H and O–H groups in total. The highest BCUT2D eigenvalue weighted by Crippen LogP contribution is 2.20. The van der Waals surface area contributed by atoms with E-state index >= 15 is 0 Å². The quantitative estimate of drug-likeness (QED) is 0.758. The van der Waals surface area contributed by atoms with Gasteiger partial charge in [-0.3, -0.25) is 9.59 Å². The maximum atomic E-state index is 14.0. The van der Waals surface area contributed by atoms with Crippen LogP contribution in [0.4, 0.5) is 10.1 Å². The fourth-order valence-corrected chi connectivity index (χ4v) is 3.47. The first-order valence-corrected chi connectivity index (χ1v) is 10.2. The predicted octanol–water partition coefficient (Wildman–Crippen LogP) is 2.69. The first-order valence-electron chi connectivity index (χ1n) is 10.2. The fraction of sp³-hybridized carbons (Fsp3) is 0.391. The Morgan fingerprint density at radius 3 is 2.27 bits per heavy atom. The van der Waals surface area contributed by atoms with Gasteiger partial charge in [0.1, 0.15) is 17.6 Å². The van der Waals surface area contributed by atoms with Gasteiger partial charge in [0, 0.05) is 26.2 Å². The molecule has 2 aromatic rings. The van der Waals surface area contributed by atoms with Gasteiger partial charge in [-0.2, -0.15) is 0 Å². The molecule has 30 heavy (non-hydrogen) atoms. The molecule has 0 radical (unpaired) electrons. The van der Waals surface area contributed by atoms with Crippen molar-refractivity contribution in [3.05, 3.63) is 60.4 Å². The van der Waals surface area contributed by atoms with Gasteiger partial charge in [0.15, 0.2) is 6.61 Å². The number of nitrogens with one attached hydrogen (secondary N) is 1. The molecule has 6 nitrogen and oxygen atoms in total. The number of anilines is 1. The minimum Gasteiger partial charge on any atom is -0.484 e. The van der Waals surface area contributed by atoms with Gasteiger partial charge in [0.05, 0.1) is 5.69 Å². The van der Waals surface area contributed by atoms with Crippen LogP contribution in [-0.2, 0) is 9.59 Å². The van der Waals surface area contributed by atoms with Crippen molar-refractivity contribution in [2.75, 3.05) is 37.7 Å². The molecule has 0 unspecified atom stereocenters. The second-order valence-electron chi connectivity index (χ2n) is 7.65. The molecule has 2 aromatic carbocycles. The molecule has 3 rings (SSSR count). The number of nitrogens with zero attached hydrogens (tertiary/aromatic N) is 2. The van der Waals surface area contributed by atoms with E-state index in [0.717, 1.165) is 0 Å². The minimum atomic E-state index is -0.628. The van der Waals surface area contributed by atoms with Crippen molar-refractivity contribution in [2.24, 2.45) is 5.92 Å². The first kappa shape index (κ1) is 21.6. The smallest absolute Gasteiger partial charge is 0.258 e. The van der Waals surface area contributed by atoms with Crippen molar-refractivity contribution in [3.8, 4) is 5.75 Å². The maximum Gasteiger partial charge on any atom is 0.258 e. The Balaban J connectivity index is 1.54. The van der Waals surface area contributed by atoms with Crippen LogP contribution in [0.15, 0.2) is 54.6 Å². The summed E-state index contributed by atoms with van der Waals surface area (Å²) in [6.07, 6.45) is 0. The Labute approximate surface area is 176 Å². The molecular formula is C23H28FN3O3. The summed E-state index contributed by atoms with van der Waals surface area (Å²) >= 11 is 0. The number of para-hydroxylation sites is 2. The highest BCUT2D eigenvalue weighted by atomic mass is 19.1. The normalized spacial score (nSPS) is 15.1. The molecule has 160 valence electrons. The Morgan fingerprint density at radius 2 is 1.63 bits per heavy atom. The Kier molecular flexibility index (Phi) is 7.27. The molecular weight excluding hydrogens is 385 g/mol. The molecule has 1 fully saturated rings. The molecule has 0 saturated carbocycles. The van der Waals surface area contributed by atoms with Crippen LogP contribution in [0.1, 0.15) is 13.8 Å². The fourth-order valence-electron chi connectivity index (χ4n) is 3.47. The summed E-state index contributed by atoms with van der Waals surface area (Å²) in [5.74, 6) is -0.183. The Morgan fingerprint density at radius 1 is 1.00 bits per heavy atom. The maximum absolute atomic E-state index is 14.0. The van der Waals surface area contributed by atoms with Crippen LogP contribution < -0.4 is 15.0 Å². The molecule has 1 heterocycles. The number of rotatable bonds is 7. The molecule has 2 amide bonds. The van der Waals surface area contributed by atoms with Crippen molar-refractivity contribution in [3.63, 3.8) is 0 Å². The summed E-state index contributed by atoms with van der Waals surface area (Å²) in [5.41, 5.74) is 0.552. The largest absolute Gasteiger partial charge is 0.484 e. The summed E-state index contributed by atoms with van der Waals surface area (Å²) in [6.45, 7) is 5.69. The van der Waals surface area contributed by atoms with E-state index in [1.807, 2.05) is 36.9 Å². The minimum absolute atomic E-state index is 0.0669. The summed E-state index contributed by atoms with van der Waals surface area (Å²) in [4.78, 5) is 29.1. The van der Waals surface area contributed by atoms with Crippen molar-refractivity contribution >= 4 is 17.5 Å². The highest BCUT2D eigenvalue weighted by Gasteiger charge is 2.31. The number of carbonyl (C=O) groups is 2. The van der Waals surface area contributed by atoms with E-state index in [0.29, 0.717) is 37.6 Å². The zero-order valence-corrected chi connectivity index (χ0v) is 17.4. The van der Waals surface area contributed by atoms with E-state index in [4.69, 9.17) is 4.74 Å². The molecule has 1 aliphatic heterocycles. The van der Waals surface area contributed by atoms with Gasteiger partial charge in [0.25, 0.3) is 5.91 Å². The van der Waals surface area contributed by atoms with Crippen molar-refractivity contribution in [1.29, 1.82) is 0 Å². The number of ether oxygens (including phenoxy) is 1. The van der Waals surface area contributed by atoms with E-state index in [9.17, 15) is 14.0 Å². The Hall–Kier alpha value is -3.09. The SMILES string of the molecule is CC(C)[C@H](NC(=O)COc1ccccc1)C(=O)N1CCN(c2ccccc2F)CC1. The van der Waals surface area contributed by atoms with E-state index < -0.39 is 6.04 Å². The number of hydrogen-bond donors (Lipinski definition) is 1. The van der Waals surface area contributed by atoms with E-state index in [1.54, 1.807) is 35.2 Å². The summed E-state index contributed by atoms with van der Waals surface area (Å²) in [6, 6.07) is 15.1. The van der Waals surface area contributed by atoms with Crippen LogP contribution >= 0.6 is 0 Å². The van der Waals surface area contributed by atoms with Gasteiger partial charge in [0.2, 0.25) is 5.91 Å². The zero-order valence-electron chi connectivity index (χ0n) is 17.4. The van der Waals surface area contributed by atoms with Crippen molar-refractivity contribution in [2.45, 2.75) is 19.9 Å². The van der Waals surface area contributed by atoms with Gasteiger partial charge in [-0.05, 0) is 30.2 Å².